The van der Waals surface area contributed by atoms with E-state index in [9.17, 15) is 14.4 Å². The molecule has 3 aliphatic rings. The average Bonchev–Trinajstić information content (AvgIpc) is 3.40. The summed E-state index contributed by atoms with van der Waals surface area (Å²) in [5.74, 6) is 0.993. The number of ketones is 1. The number of nitrogens with one attached hydrogen (secondary N) is 1. The lowest BCUT2D eigenvalue weighted by atomic mass is 9.55. The number of Topliss-reactive ketones (excluding diaryl/α,β-unsaturated/α-hetero) is 1. The topological polar surface area (TPSA) is 98.3 Å². The molecule has 0 unspecified atom stereocenters. The summed E-state index contributed by atoms with van der Waals surface area (Å²) < 4.78 is 10.3. The number of hydrogen-bond donors (Lipinski definition) is 1. The molecule has 7 heteroatoms. The van der Waals surface area contributed by atoms with Crippen LogP contribution in [0.5, 0.6) is 0 Å². The summed E-state index contributed by atoms with van der Waals surface area (Å²) in [6, 6.07) is 6.55. The van der Waals surface area contributed by atoms with E-state index in [1.165, 1.54) is 11.1 Å². The second kappa shape index (κ2) is 9.25. The van der Waals surface area contributed by atoms with E-state index < -0.39 is 11.9 Å². The van der Waals surface area contributed by atoms with Gasteiger partial charge in [0.25, 0.3) is 0 Å². The van der Waals surface area contributed by atoms with Crippen LogP contribution in [-0.4, -0.2) is 41.1 Å². The van der Waals surface area contributed by atoms with Gasteiger partial charge in [-0.3, -0.25) is 9.89 Å². The van der Waals surface area contributed by atoms with Gasteiger partial charge in [0.15, 0.2) is 5.69 Å². The molecule has 1 aromatic heterocycles. The van der Waals surface area contributed by atoms with Crippen molar-refractivity contribution in [3.05, 3.63) is 51.8 Å². The highest BCUT2D eigenvalue weighted by atomic mass is 16.5. The molecule has 3 aliphatic carbocycles. The van der Waals surface area contributed by atoms with Gasteiger partial charge >= 0.3 is 11.9 Å². The zero-order valence-electron chi connectivity index (χ0n) is 20.8. The number of hydrogen-bond acceptors (Lipinski definition) is 6. The summed E-state index contributed by atoms with van der Waals surface area (Å²) in [6.45, 7) is 6.15. The molecule has 35 heavy (non-hydrogen) atoms. The Balaban J connectivity index is 1.43. The minimum Gasteiger partial charge on any atom is -0.461 e. The highest BCUT2D eigenvalue weighted by Crippen LogP contribution is 2.59. The monoisotopic (exact) mass is 478 g/mol. The molecule has 0 saturated heterocycles. The van der Waals surface area contributed by atoms with Gasteiger partial charge in [-0.1, -0.05) is 25.1 Å². The molecule has 0 radical (unpaired) electrons. The first-order chi connectivity index (χ1) is 16.9. The average molecular weight is 479 g/mol. The third-order valence-corrected chi connectivity index (χ3v) is 8.70. The van der Waals surface area contributed by atoms with Crippen molar-refractivity contribution >= 4 is 17.7 Å². The number of esters is 2. The van der Waals surface area contributed by atoms with Crippen molar-refractivity contribution in [3.63, 3.8) is 0 Å². The molecule has 2 fully saturated rings. The molecule has 0 amide bonds. The van der Waals surface area contributed by atoms with Crippen LogP contribution in [0.1, 0.15) is 102 Å². The van der Waals surface area contributed by atoms with Crippen LogP contribution in [0.25, 0.3) is 0 Å². The van der Waals surface area contributed by atoms with Crippen LogP contribution in [-0.2, 0) is 27.1 Å². The standard InChI is InChI=1S/C28H34N2O5/c1-4-34-26(32)24-21(25(30-29-24)27(33)35-5-2)15-16-6-8-18-17(14-16)7-9-20-19(18)12-13-28(3)22(20)10-11-23(28)31/h6,8,14,19-20,22H,4-5,7,9-13,15H2,1-3H3,(H,29,30)/t19-,20-,22+,28+/m1/s1. The normalized spacial score (nSPS) is 27.1. The maximum absolute atomic E-state index is 12.6. The van der Waals surface area contributed by atoms with Crippen LogP contribution < -0.4 is 0 Å². The molecular formula is C28H34N2O5. The molecule has 2 saturated carbocycles. The number of aromatic nitrogens is 2. The fourth-order valence-corrected chi connectivity index (χ4v) is 7.00. The Morgan fingerprint density at radius 3 is 2.63 bits per heavy atom. The largest absolute Gasteiger partial charge is 0.461 e. The Morgan fingerprint density at radius 1 is 1.09 bits per heavy atom. The summed E-state index contributed by atoms with van der Waals surface area (Å²) in [6.07, 6.45) is 6.32. The molecule has 4 atom stereocenters. The lowest BCUT2D eigenvalue weighted by molar-refractivity contribution is -0.129. The van der Waals surface area contributed by atoms with Crippen LogP contribution in [0.15, 0.2) is 18.2 Å². The molecule has 1 heterocycles. The Labute approximate surface area is 206 Å². The molecule has 1 aromatic carbocycles. The summed E-state index contributed by atoms with van der Waals surface area (Å²) in [5, 5.41) is 6.78. The highest BCUT2D eigenvalue weighted by molar-refractivity contribution is 5.96. The number of H-pyrrole nitrogens is 1. The van der Waals surface area contributed by atoms with E-state index in [-0.39, 0.29) is 30.0 Å². The first kappa shape index (κ1) is 23.8. The van der Waals surface area contributed by atoms with Gasteiger partial charge < -0.3 is 9.47 Å². The van der Waals surface area contributed by atoms with Crippen molar-refractivity contribution < 1.29 is 23.9 Å². The Kier molecular flexibility index (Phi) is 6.28. The van der Waals surface area contributed by atoms with Crippen molar-refractivity contribution in [2.24, 2.45) is 17.3 Å². The van der Waals surface area contributed by atoms with Crippen LogP contribution in [0.3, 0.4) is 0 Å². The molecular weight excluding hydrogens is 444 g/mol. The third kappa shape index (κ3) is 3.99. The lowest BCUT2D eigenvalue weighted by Crippen LogP contribution is -2.42. The smallest absolute Gasteiger partial charge is 0.359 e. The van der Waals surface area contributed by atoms with Crippen LogP contribution in [0, 0.1) is 17.3 Å². The van der Waals surface area contributed by atoms with Crippen LogP contribution in [0.2, 0.25) is 0 Å². The molecule has 1 N–H and O–H groups in total. The summed E-state index contributed by atoms with van der Waals surface area (Å²) in [7, 11) is 0. The van der Waals surface area contributed by atoms with E-state index >= 15 is 0 Å². The van der Waals surface area contributed by atoms with Gasteiger partial charge in [0.05, 0.1) is 13.2 Å². The van der Waals surface area contributed by atoms with Crippen LogP contribution >= 0.6 is 0 Å². The third-order valence-electron chi connectivity index (χ3n) is 8.70. The van der Waals surface area contributed by atoms with Crippen molar-refractivity contribution in [1.82, 2.24) is 10.2 Å². The number of benzene rings is 1. The maximum Gasteiger partial charge on any atom is 0.359 e. The fourth-order valence-electron chi connectivity index (χ4n) is 7.00. The predicted octanol–water partition coefficient (Wildman–Crippen LogP) is 4.78. The maximum atomic E-state index is 12.6. The molecule has 7 nitrogen and oxygen atoms in total. The number of aromatic amines is 1. The van der Waals surface area contributed by atoms with Gasteiger partial charge in [-0.2, -0.15) is 5.10 Å². The van der Waals surface area contributed by atoms with Gasteiger partial charge in [0.2, 0.25) is 0 Å². The van der Waals surface area contributed by atoms with Crippen molar-refractivity contribution in [1.29, 1.82) is 0 Å². The second-order valence-corrected chi connectivity index (χ2v) is 10.4. The zero-order chi connectivity index (χ0) is 24.7. The Bertz CT molecular complexity index is 1130. The van der Waals surface area contributed by atoms with Gasteiger partial charge in [-0.25, -0.2) is 9.59 Å². The molecule has 2 aromatic rings. The van der Waals surface area contributed by atoms with Gasteiger partial charge in [-0.15, -0.1) is 0 Å². The minimum absolute atomic E-state index is 0.118. The van der Waals surface area contributed by atoms with Gasteiger partial charge in [0.1, 0.15) is 11.5 Å². The molecule has 5 rings (SSSR count). The van der Waals surface area contributed by atoms with Crippen LogP contribution in [0.4, 0.5) is 0 Å². The fraction of sp³-hybridized carbons (Fsp3) is 0.571. The van der Waals surface area contributed by atoms with Gasteiger partial charge in [-0.05, 0) is 80.4 Å². The number of fused-ring (bicyclic) bond motifs is 5. The number of carbonyl (C=O) groups is 3. The Morgan fingerprint density at radius 2 is 1.86 bits per heavy atom. The second-order valence-electron chi connectivity index (χ2n) is 10.4. The Hall–Kier alpha value is -2.96. The van der Waals surface area contributed by atoms with E-state index in [0.717, 1.165) is 44.1 Å². The number of rotatable bonds is 6. The number of carbonyl (C=O) groups excluding carboxylic acids is 3. The molecule has 0 bridgehead atoms. The zero-order valence-corrected chi connectivity index (χ0v) is 20.8. The predicted molar refractivity (Wildman–Crippen MR) is 129 cm³/mol. The first-order valence-electron chi connectivity index (χ1n) is 12.9. The lowest BCUT2D eigenvalue weighted by Gasteiger charge is -2.48. The van der Waals surface area contributed by atoms with Crippen molar-refractivity contribution in [2.45, 2.75) is 71.6 Å². The minimum atomic E-state index is -0.550. The van der Waals surface area contributed by atoms with Crippen molar-refractivity contribution in [3.8, 4) is 0 Å². The SMILES string of the molecule is CCOC(=O)c1n[nH]c(C(=O)OCC)c1Cc1ccc2c(c1)CC[C@@H]1[C@@H]2CC[C@]2(C)C(=O)CC[C@@H]12. The summed E-state index contributed by atoms with van der Waals surface area (Å²) in [5.41, 5.74) is 4.50. The van der Waals surface area contributed by atoms with E-state index in [1.54, 1.807) is 13.8 Å². The number of ether oxygens (including phenoxy) is 2. The van der Waals surface area contributed by atoms with Gasteiger partial charge in [0, 0.05) is 23.8 Å². The molecule has 0 spiro atoms. The van der Waals surface area contributed by atoms with E-state index in [1.807, 2.05) is 0 Å². The molecule has 0 aliphatic heterocycles. The van der Waals surface area contributed by atoms with E-state index in [0.29, 0.717) is 35.5 Å². The highest BCUT2D eigenvalue weighted by Gasteiger charge is 2.54. The first-order valence-corrected chi connectivity index (χ1v) is 12.9. The van der Waals surface area contributed by atoms with E-state index in [2.05, 4.69) is 35.3 Å². The summed E-state index contributed by atoms with van der Waals surface area (Å²) >= 11 is 0. The van der Waals surface area contributed by atoms with E-state index in [4.69, 9.17) is 9.47 Å². The quantitative estimate of drug-likeness (QED) is 0.600. The summed E-state index contributed by atoms with van der Waals surface area (Å²) in [4.78, 5) is 37.6. The number of nitrogens with zero attached hydrogens (tertiary/aromatic N) is 1. The number of aryl methyl sites for hydroxylation is 1. The van der Waals surface area contributed by atoms with Crippen molar-refractivity contribution in [2.75, 3.05) is 13.2 Å². The molecule has 186 valence electrons.